The van der Waals surface area contributed by atoms with E-state index in [1.807, 2.05) is 11.3 Å². The first-order chi connectivity index (χ1) is 30.7. The minimum Gasteiger partial charge on any atom is -0.208 e. The van der Waals surface area contributed by atoms with Crippen LogP contribution in [-0.2, 0) is 5.41 Å². The van der Waals surface area contributed by atoms with Crippen LogP contribution in [0.3, 0.4) is 0 Å². The SMILES string of the molecule is c1ccc(-c2ccccc2-c2nc(-c3ccc(-c4ccc5c(c4)sc4ccccc45)cc3)nc(-c3cccc4c3C3(c5ccccc5-c5ccccc53)c3ccccc3-4)n2)cc1. The van der Waals surface area contributed by atoms with Gasteiger partial charge in [-0.3, -0.25) is 0 Å². The molecule has 1 spiro atoms. The molecule has 0 fully saturated rings. The molecule has 2 aliphatic rings. The highest BCUT2D eigenvalue weighted by Crippen LogP contribution is 2.64. The molecule has 288 valence electrons. The third-order valence-corrected chi connectivity index (χ3v) is 14.1. The van der Waals surface area contributed by atoms with Crippen molar-refractivity contribution in [2.24, 2.45) is 0 Å². The standard InChI is InChI=1S/C58H35N3S/c1-2-15-37(16-3-1)40-17-4-5-22-47(40)56-59-55(38-31-29-36(30-32-38)39-33-34-45-44-21-9-13-28-52(44)62-53(45)35-39)60-57(61-56)48-24-14-23-46-43-20-8-12-27-51(43)58(54(46)48)49-25-10-6-18-41(49)42-19-7-11-26-50(42)58/h1-35H. The summed E-state index contributed by atoms with van der Waals surface area (Å²) in [5, 5.41) is 2.61. The van der Waals surface area contributed by atoms with Gasteiger partial charge in [-0.15, -0.1) is 11.3 Å². The van der Waals surface area contributed by atoms with Gasteiger partial charge in [-0.05, 0) is 78.9 Å². The Hall–Kier alpha value is -7.79. The van der Waals surface area contributed by atoms with Gasteiger partial charge in [0.05, 0.1) is 5.41 Å². The highest BCUT2D eigenvalue weighted by Gasteiger charge is 2.52. The van der Waals surface area contributed by atoms with Crippen molar-refractivity contribution in [3.63, 3.8) is 0 Å². The highest BCUT2D eigenvalue weighted by molar-refractivity contribution is 7.25. The number of nitrogens with zero attached hydrogens (tertiary/aromatic N) is 3. The number of hydrogen-bond donors (Lipinski definition) is 0. The Morgan fingerprint density at radius 1 is 0.290 bits per heavy atom. The predicted molar refractivity (Wildman–Crippen MR) is 256 cm³/mol. The van der Waals surface area contributed by atoms with E-state index in [0.29, 0.717) is 17.5 Å². The largest absolute Gasteiger partial charge is 0.208 e. The molecule has 0 saturated carbocycles. The van der Waals surface area contributed by atoms with Gasteiger partial charge in [0.25, 0.3) is 0 Å². The molecule has 0 unspecified atom stereocenters. The van der Waals surface area contributed by atoms with Crippen LogP contribution < -0.4 is 0 Å². The summed E-state index contributed by atoms with van der Waals surface area (Å²) >= 11 is 1.85. The molecule has 2 aliphatic carbocycles. The topological polar surface area (TPSA) is 38.7 Å². The van der Waals surface area contributed by atoms with Crippen LogP contribution in [0.15, 0.2) is 212 Å². The molecule has 3 nitrogen and oxygen atoms in total. The van der Waals surface area contributed by atoms with Gasteiger partial charge >= 0.3 is 0 Å². The normalized spacial score (nSPS) is 13.0. The lowest BCUT2D eigenvalue weighted by molar-refractivity contribution is 0.794. The van der Waals surface area contributed by atoms with Crippen molar-refractivity contribution in [2.45, 2.75) is 5.41 Å². The van der Waals surface area contributed by atoms with Gasteiger partial charge < -0.3 is 0 Å². The third-order valence-electron chi connectivity index (χ3n) is 13.0. The van der Waals surface area contributed by atoms with Crippen molar-refractivity contribution in [1.82, 2.24) is 15.0 Å². The van der Waals surface area contributed by atoms with Crippen molar-refractivity contribution >= 4 is 31.5 Å². The Kier molecular flexibility index (Phi) is 7.69. The average Bonchev–Trinajstić information content (AvgIpc) is 3.98. The summed E-state index contributed by atoms with van der Waals surface area (Å²) in [4.78, 5) is 16.3. The zero-order chi connectivity index (χ0) is 40.8. The maximum atomic E-state index is 5.48. The molecule has 4 heteroatoms. The zero-order valence-electron chi connectivity index (χ0n) is 33.5. The van der Waals surface area contributed by atoms with Crippen molar-refractivity contribution in [3.05, 3.63) is 235 Å². The third kappa shape index (κ3) is 5.08. The van der Waals surface area contributed by atoms with Gasteiger partial charge in [0.15, 0.2) is 17.5 Å². The van der Waals surface area contributed by atoms with Crippen LogP contribution in [0, 0.1) is 0 Å². The molecule has 0 aliphatic heterocycles. The lowest BCUT2D eigenvalue weighted by Gasteiger charge is -2.31. The van der Waals surface area contributed by atoms with E-state index < -0.39 is 5.41 Å². The first-order valence-corrected chi connectivity index (χ1v) is 21.9. The molecule has 2 heterocycles. The fourth-order valence-corrected chi connectivity index (χ4v) is 11.5. The number of fused-ring (bicyclic) bond motifs is 13. The second kappa shape index (κ2) is 13.6. The number of benzene rings is 9. The van der Waals surface area contributed by atoms with Crippen molar-refractivity contribution < 1.29 is 0 Å². The number of hydrogen-bond acceptors (Lipinski definition) is 4. The van der Waals surface area contributed by atoms with Crippen LogP contribution in [0.5, 0.6) is 0 Å². The summed E-state index contributed by atoms with van der Waals surface area (Å²) in [5.41, 5.74) is 16.9. The van der Waals surface area contributed by atoms with E-state index in [9.17, 15) is 0 Å². The summed E-state index contributed by atoms with van der Waals surface area (Å²) in [6.07, 6.45) is 0. The Labute approximate surface area is 363 Å². The summed E-state index contributed by atoms with van der Waals surface area (Å²) in [6, 6.07) is 76.6. The minimum absolute atomic E-state index is 0.554. The molecule has 2 aromatic heterocycles. The molecule has 0 amide bonds. The maximum Gasteiger partial charge on any atom is 0.164 e. The van der Waals surface area contributed by atoms with E-state index in [2.05, 4.69) is 212 Å². The molecule has 13 rings (SSSR count). The Morgan fingerprint density at radius 3 is 1.48 bits per heavy atom. The lowest BCUT2D eigenvalue weighted by Crippen LogP contribution is -2.26. The van der Waals surface area contributed by atoms with Gasteiger partial charge in [-0.2, -0.15) is 0 Å². The molecular formula is C58H35N3S. The number of rotatable bonds is 5. The average molecular weight is 806 g/mol. The fraction of sp³-hybridized carbons (Fsp3) is 0.0172. The second-order valence-electron chi connectivity index (χ2n) is 16.2. The van der Waals surface area contributed by atoms with Crippen LogP contribution in [0.4, 0.5) is 0 Å². The predicted octanol–water partition coefficient (Wildman–Crippen LogP) is 14.9. The van der Waals surface area contributed by atoms with Crippen LogP contribution in [0.25, 0.3) is 98.8 Å². The quantitative estimate of drug-likeness (QED) is 0.174. The molecule has 0 saturated heterocycles. The van der Waals surface area contributed by atoms with Gasteiger partial charge in [0.2, 0.25) is 0 Å². The first kappa shape index (κ1) is 35.0. The molecule has 0 bridgehead atoms. The number of thiophene rings is 1. The second-order valence-corrected chi connectivity index (χ2v) is 17.3. The molecule has 0 N–H and O–H groups in total. The Morgan fingerprint density at radius 2 is 0.774 bits per heavy atom. The fourth-order valence-electron chi connectivity index (χ4n) is 10.4. The molecule has 62 heavy (non-hydrogen) atoms. The highest BCUT2D eigenvalue weighted by atomic mass is 32.1. The van der Waals surface area contributed by atoms with Crippen LogP contribution >= 0.6 is 11.3 Å². The molecule has 11 aromatic rings. The summed E-state index contributed by atoms with van der Waals surface area (Å²) in [5.74, 6) is 1.92. The Bertz CT molecular complexity index is 3520. The van der Waals surface area contributed by atoms with Crippen LogP contribution in [-0.4, -0.2) is 15.0 Å². The molecule has 0 atom stereocenters. The summed E-state index contributed by atoms with van der Waals surface area (Å²) in [6.45, 7) is 0. The van der Waals surface area contributed by atoms with Crippen molar-refractivity contribution in [2.75, 3.05) is 0 Å². The van der Waals surface area contributed by atoms with Crippen molar-refractivity contribution in [3.8, 4) is 78.7 Å². The van der Waals surface area contributed by atoms with Gasteiger partial charge in [-0.1, -0.05) is 200 Å². The van der Waals surface area contributed by atoms with Crippen LogP contribution in [0.2, 0.25) is 0 Å². The molecule has 9 aromatic carbocycles. The van der Waals surface area contributed by atoms with E-state index in [1.165, 1.54) is 70.2 Å². The smallest absolute Gasteiger partial charge is 0.164 e. The molecule has 0 radical (unpaired) electrons. The van der Waals surface area contributed by atoms with E-state index in [1.54, 1.807) is 0 Å². The van der Waals surface area contributed by atoms with Gasteiger partial charge in [0, 0.05) is 36.9 Å². The van der Waals surface area contributed by atoms with E-state index in [-0.39, 0.29) is 0 Å². The lowest BCUT2D eigenvalue weighted by atomic mass is 9.69. The number of aromatic nitrogens is 3. The van der Waals surface area contributed by atoms with Crippen LogP contribution in [0.1, 0.15) is 22.3 Å². The van der Waals surface area contributed by atoms with Gasteiger partial charge in [0.1, 0.15) is 0 Å². The zero-order valence-corrected chi connectivity index (χ0v) is 34.3. The Balaban J connectivity index is 1.03. The van der Waals surface area contributed by atoms with E-state index in [4.69, 9.17) is 15.0 Å². The summed E-state index contributed by atoms with van der Waals surface area (Å²) < 4.78 is 2.60. The minimum atomic E-state index is -0.554. The van der Waals surface area contributed by atoms with Gasteiger partial charge in [-0.25, -0.2) is 15.0 Å². The monoisotopic (exact) mass is 805 g/mol. The van der Waals surface area contributed by atoms with Crippen molar-refractivity contribution in [1.29, 1.82) is 0 Å². The first-order valence-electron chi connectivity index (χ1n) is 21.1. The molecular weight excluding hydrogens is 771 g/mol. The summed E-state index contributed by atoms with van der Waals surface area (Å²) in [7, 11) is 0. The van der Waals surface area contributed by atoms with E-state index in [0.717, 1.165) is 33.4 Å². The van der Waals surface area contributed by atoms with E-state index >= 15 is 0 Å². The maximum absolute atomic E-state index is 5.48.